The van der Waals surface area contributed by atoms with Gasteiger partial charge in [0.15, 0.2) is 0 Å². The van der Waals surface area contributed by atoms with Crippen molar-refractivity contribution >= 4 is 11.8 Å². The quantitative estimate of drug-likeness (QED) is 0.755. The summed E-state index contributed by atoms with van der Waals surface area (Å²) in [5.74, 6) is 0.792. The van der Waals surface area contributed by atoms with Crippen LogP contribution < -0.4 is 4.74 Å². The second-order valence-corrected chi connectivity index (χ2v) is 3.67. The number of hydrogen-bond donors (Lipinski definition) is 1. The average molecular weight is 198 g/mol. The van der Waals surface area contributed by atoms with E-state index in [2.05, 4.69) is 6.07 Å². The Morgan fingerprint density at radius 2 is 2.15 bits per heavy atom. The monoisotopic (exact) mass is 198 g/mol. The predicted molar refractivity (Wildman–Crippen MR) is 55.4 cm³/mol. The SMILES string of the molecule is COc1c(C)cc(SC)cc1CO. The van der Waals surface area contributed by atoms with Gasteiger partial charge >= 0.3 is 0 Å². The summed E-state index contributed by atoms with van der Waals surface area (Å²) < 4.78 is 5.20. The molecular weight excluding hydrogens is 184 g/mol. The van der Waals surface area contributed by atoms with Crippen LogP contribution in [0.25, 0.3) is 0 Å². The van der Waals surface area contributed by atoms with Crippen LogP contribution in [0.15, 0.2) is 17.0 Å². The van der Waals surface area contributed by atoms with Crippen molar-refractivity contribution in [3.05, 3.63) is 23.3 Å². The van der Waals surface area contributed by atoms with Crippen molar-refractivity contribution in [1.82, 2.24) is 0 Å². The number of ether oxygens (including phenoxy) is 1. The highest BCUT2D eigenvalue weighted by Gasteiger charge is 2.06. The van der Waals surface area contributed by atoms with E-state index in [1.54, 1.807) is 18.9 Å². The molecule has 0 aliphatic carbocycles. The number of aliphatic hydroxyl groups is 1. The number of methoxy groups -OCH3 is 1. The summed E-state index contributed by atoms with van der Waals surface area (Å²) in [5, 5.41) is 9.10. The van der Waals surface area contributed by atoms with Crippen LogP contribution in [0.3, 0.4) is 0 Å². The lowest BCUT2D eigenvalue weighted by Gasteiger charge is -2.11. The summed E-state index contributed by atoms with van der Waals surface area (Å²) in [6.45, 7) is 2.01. The third kappa shape index (κ3) is 2.17. The Hall–Kier alpha value is -0.670. The van der Waals surface area contributed by atoms with E-state index in [1.165, 1.54) is 0 Å². The van der Waals surface area contributed by atoms with Gasteiger partial charge in [-0.25, -0.2) is 0 Å². The van der Waals surface area contributed by atoms with E-state index in [9.17, 15) is 0 Å². The van der Waals surface area contributed by atoms with Crippen molar-refractivity contribution in [2.75, 3.05) is 13.4 Å². The second-order valence-electron chi connectivity index (χ2n) is 2.79. The van der Waals surface area contributed by atoms with Crippen molar-refractivity contribution in [3.63, 3.8) is 0 Å². The summed E-state index contributed by atoms with van der Waals surface area (Å²) in [5.41, 5.74) is 1.92. The molecule has 0 amide bonds. The van der Waals surface area contributed by atoms with Crippen LogP contribution in [0.1, 0.15) is 11.1 Å². The molecule has 1 aromatic rings. The zero-order valence-electron chi connectivity index (χ0n) is 8.13. The molecule has 72 valence electrons. The molecule has 0 aromatic heterocycles. The lowest BCUT2D eigenvalue weighted by Crippen LogP contribution is -1.95. The molecule has 2 nitrogen and oxygen atoms in total. The molecule has 0 aliphatic rings. The predicted octanol–water partition coefficient (Wildman–Crippen LogP) is 2.22. The molecule has 0 aliphatic heterocycles. The molecule has 0 saturated heterocycles. The van der Waals surface area contributed by atoms with E-state index >= 15 is 0 Å². The maximum absolute atomic E-state index is 9.10. The summed E-state index contributed by atoms with van der Waals surface area (Å²) in [4.78, 5) is 1.15. The van der Waals surface area contributed by atoms with Gasteiger partial charge in [0.05, 0.1) is 13.7 Å². The smallest absolute Gasteiger partial charge is 0.127 e. The van der Waals surface area contributed by atoms with E-state index in [-0.39, 0.29) is 6.61 Å². The Labute approximate surface area is 82.9 Å². The molecule has 0 heterocycles. The third-order valence-electron chi connectivity index (χ3n) is 1.94. The molecule has 0 atom stereocenters. The van der Waals surface area contributed by atoms with E-state index in [0.717, 1.165) is 21.8 Å². The van der Waals surface area contributed by atoms with Gasteiger partial charge in [-0.1, -0.05) is 0 Å². The van der Waals surface area contributed by atoms with Crippen LogP contribution in [0.2, 0.25) is 0 Å². The van der Waals surface area contributed by atoms with Gasteiger partial charge in [-0.15, -0.1) is 11.8 Å². The fourth-order valence-electron chi connectivity index (χ4n) is 1.34. The van der Waals surface area contributed by atoms with Crippen LogP contribution in [0, 0.1) is 6.92 Å². The fourth-order valence-corrected chi connectivity index (χ4v) is 1.89. The van der Waals surface area contributed by atoms with Gasteiger partial charge < -0.3 is 9.84 Å². The number of hydrogen-bond acceptors (Lipinski definition) is 3. The number of thioether (sulfide) groups is 1. The third-order valence-corrected chi connectivity index (χ3v) is 2.64. The highest BCUT2D eigenvalue weighted by Crippen LogP contribution is 2.28. The van der Waals surface area contributed by atoms with Gasteiger partial charge in [-0.2, -0.15) is 0 Å². The van der Waals surface area contributed by atoms with Crippen LogP contribution >= 0.6 is 11.8 Å². The second kappa shape index (κ2) is 4.53. The topological polar surface area (TPSA) is 29.5 Å². The van der Waals surface area contributed by atoms with Crippen LogP contribution in [-0.2, 0) is 6.61 Å². The van der Waals surface area contributed by atoms with Crippen molar-refractivity contribution in [2.45, 2.75) is 18.4 Å². The normalized spacial score (nSPS) is 10.2. The first-order valence-corrected chi connectivity index (χ1v) is 5.27. The molecule has 0 spiro atoms. The molecule has 0 unspecified atom stereocenters. The summed E-state index contributed by atoms with van der Waals surface area (Å²) >= 11 is 1.67. The van der Waals surface area contributed by atoms with Crippen LogP contribution in [0.5, 0.6) is 5.75 Å². The minimum atomic E-state index is 0.0262. The number of aryl methyl sites for hydroxylation is 1. The number of rotatable bonds is 3. The molecule has 1 N–H and O–H groups in total. The van der Waals surface area contributed by atoms with Crippen molar-refractivity contribution in [1.29, 1.82) is 0 Å². The van der Waals surface area contributed by atoms with Gasteiger partial charge in [0, 0.05) is 10.5 Å². The van der Waals surface area contributed by atoms with E-state index in [4.69, 9.17) is 9.84 Å². The average Bonchev–Trinajstić information content (AvgIpc) is 2.16. The highest BCUT2D eigenvalue weighted by atomic mass is 32.2. The maximum atomic E-state index is 9.10. The molecule has 0 bridgehead atoms. The highest BCUT2D eigenvalue weighted by molar-refractivity contribution is 7.98. The molecule has 1 rings (SSSR count). The zero-order valence-corrected chi connectivity index (χ0v) is 8.94. The van der Waals surface area contributed by atoms with Crippen molar-refractivity contribution in [2.24, 2.45) is 0 Å². The largest absolute Gasteiger partial charge is 0.496 e. The minimum Gasteiger partial charge on any atom is -0.496 e. The van der Waals surface area contributed by atoms with Crippen LogP contribution in [-0.4, -0.2) is 18.5 Å². The summed E-state index contributed by atoms with van der Waals surface area (Å²) in [6.07, 6.45) is 2.02. The Morgan fingerprint density at radius 1 is 1.46 bits per heavy atom. The fraction of sp³-hybridized carbons (Fsp3) is 0.400. The lowest BCUT2D eigenvalue weighted by molar-refractivity contribution is 0.273. The first-order chi connectivity index (χ1) is 6.22. The summed E-state index contributed by atoms with van der Waals surface area (Å²) in [6, 6.07) is 4.01. The van der Waals surface area contributed by atoms with Crippen molar-refractivity contribution in [3.8, 4) is 5.75 Å². The first kappa shape index (κ1) is 10.4. The van der Waals surface area contributed by atoms with Gasteiger partial charge in [-0.05, 0) is 30.9 Å². The number of aliphatic hydroxyl groups excluding tert-OH is 1. The molecular formula is C10H14O2S. The molecule has 3 heteroatoms. The van der Waals surface area contributed by atoms with Gasteiger partial charge in [0.1, 0.15) is 5.75 Å². The first-order valence-electron chi connectivity index (χ1n) is 4.05. The lowest BCUT2D eigenvalue weighted by atomic mass is 10.1. The summed E-state index contributed by atoms with van der Waals surface area (Å²) in [7, 11) is 1.63. The van der Waals surface area contributed by atoms with E-state index in [1.807, 2.05) is 19.2 Å². The standard InChI is InChI=1S/C10H14O2S/c1-7-4-9(13-3)5-8(6-11)10(7)12-2/h4-5,11H,6H2,1-3H3. The van der Waals surface area contributed by atoms with Crippen LogP contribution in [0.4, 0.5) is 0 Å². The zero-order chi connectivity index (χ0) is 9.84. The molecule has 13 heavy (non-hydrogen) atoms. The Morgan fingerprint density at radius 3 is 2.62 bits per heavy atom. The Balaban J connectivity index is 3.20. The Kier molecular flexibility index (Phi) is 3.63. The molecule has 0 saturated carbocycles. The van der Waals surface area contributed by atoms with E-state index in [0.29, 0.717) is 0 Å². The van der Waals surface area contributed by atoms with Crippen molar-refractivity contribution < 1.29 is 9.84 Å². The minimum absolute atomic E-state index is 0.0262. The van der Waals surface area contributed by atoms with Gasteiger partial charge in [0.25, 0.3) is 0 Å². The van der Waals surface area contributed by atoms with Gasteiger partial charge in [0.2, 0.25) is 0 Å². The maximum Gasteiger partial charge on any atom is 0.127 e. The number of benzene rings is 1. The Bertz CT molecular complexity index is 297. The molecule has 0 radical (unpaired) electrons. The molecule has 1 aromatic carbocycles. The van der Waals surface area contributed by atoms with Gasteiger partial charge in [-0.3, -0.25) is 0 Å². The molecule has 0 fully saturated rings. The van der Waals surface area contributed by atoms with E-state index < -0.39 is 0 Å².